The molecule has 8 heteroatoms. The second kappa shape index (κ2) is 7.38. The number of benzene rings is 1. The van der Waals surface area contributed by atoms with E-state index in [0.29, 0.717) is 25.2 Å². The number of carbonyl (C=O) groups excluding carboxylic acids is 2. The van der Waals surface area contributed by atoms with Crippen LogP contribution in [-0.2, 0) is 14.8 Å². The first-order chi connectivity index (χ1) is 11.0. The van der Waals surface area contributed by atoms with Gasteiger partial charge in [-0.05, 0) is 24.3 Å². The van der Waals surface area contributed by atoms with Crippen LogP contribution in [0.3, 0.4) is 0 Å². The topological polar surface area (TPSA) is 86.8 Å². The van der Waals surface area contributed by atoms with Gasteiger partial charge in [-0.15, -0.1) is 6.58 Å². The highest BCUT2D eigenvalue weighted by molar-refractivity contribution is 7.89. The number of sulfonamides is 1. The number of rotatable bonds is 6. The van der Waals surface area contributed by atoms with Gasteiger partial charge in [0.1, 0.15) is 0 Å². The third-order valence-corrected chi connectivity index (χ3v) is 5.50. The zero-order valence-electron chi connectivity index (χ0n) is 12.6. The Hall–Kier alpha value is -2.19. The molecule has 0 unspecified atom stereocenters. The molecule has 2 amide bonds. The molecule has 1 aromatic carbocycles. The van der Waals surface area contributed by atoms with Gasteiger partial charge < -0.3 is 10.2 Å². The van der Waals surface area contributed by atoms with Gasteiger partial charge in [-0.1, -0.05) is 6.08 Å². The Morgan fingerprint density at radius 1 is 1.17 bits per heavy atom. The van der Waals surface area contributed by atoms with E-state index in [1.54, 1.807) is 11.0 Å². The average molecular weight is 337 g/mol. The van der Waals surface area contributed by atoms with Gasteiger partial charge >= 0.3 is 0 Å². The van der Waals surface area contributed by atoms with Gasteiger partial charge in [0.2, 0.25) is 16.4 Å². The summed E-state index contributed by atoms with van der Waals surface area (Å²) in [7, 11) is -3.61. The zero-order chi connectivity index (χ0) is 16.9. The van der Waals surface area contributed by atoms with E-state index in [0.717, 1.165) is 6.41 Å². The molecule has 0 radical (unpaired) electrons. The molecular weight excluding hydrogens is 318 g/mol. The Kier molecular flexibility index (Phi) is 5.51. The van der Waals surface area contributed by atoms with Crippen molar-refractivity contribution in [2.45, 2.75) is 4.90 Å². The fourth-order valence-electron chi connectivity index (χ4n) is 2.24. The first-order valence-electron chi connectivity index (χ1n) is 7.17. The van der Waals surface area contributed by atoms with Crippen LogP contribution in [0.2, 0.25) is 0 Å². The second-order valence-electron chi connectivity index (χ2n) is 5.07. The molecule has 0 atom stereocenters. The Balaban J connectivity index is 2.10. The molecule has 1 heterocycles. The summed E-state index contributed by atoms with van der Waals surface area (Å²) in [6.45, 7) is 5.15. The highest BCUT2D eigenvalue weighted by atomic mass is 32.2. The van der Waals surface area contributed by atoms with E-state index in [9.17, 15) is 18.0 Å². The molecule has 7 nitrogen and oxygen atoms in total. The first-order valence-corrected chi connectivity index (χ1v) is 8.61. The minimum absolute atomic E-state index is 0.136. The van der Waals surface area contributed by atoms with Crippen LogP contribution in [-0.4, -0.2) is 62.7 Å². The van der Waals surface area contributed by atoms with Crippen LogP contribution in [0, 0.1) is 0 Å². The molecule has 2 rings (SSSR count). The monoisotopic (exact) mass is 337 g/mol. The number of hydrogen-bond donors (Lipinski definition) is 1. The lowest BCUT2D eigenvalue weighted by Gasteiger charge is -2.31. The minimum Gasteiger partial charge on any atom is -0.349 e. The van der Waals surface area contributed by atoms with Crippen LogP contribution in [0.15, 0.2) is 41.8 Å². The summed E-state index contributed by atoms with van der Waals surface area (Å²) in [6, 6.07) is 5.80. The Morgan fingerprint density at radius 3 is 2.30 bits per heavy atom. The van der Waals surface area contributed by atoms with E-state index >= 15 is 0 Å². The zero-order valence-corrected chi connectivity index (χ0v) is 13.5. The normalized spacial score (nSPS) is 15.9. The van der Waals surface area contributed by atoms with E-state index in [2.05, 4.69) is 11.9 Å². The summed E-state index contributed by atoms with van der Waals surface area (Å²) in [5.74, 6) is -0.284. The molecule has 23 heavy (non-hydrogen) atoms. The maximum atomic E-state index is 12.5. The summed E-state index contributed by atoms with van der Waals surface area (Å²) in [6.07, 6.45) is 2.29. The summed E-state index contributed by atoms with van der Waals surface area (Å²) in [5.41, 5.74) is 0.386. The third kappa shape index (κ3) is 3.96. The van der Waals surface area contributed by atoms with Crippen LogP contribution in [0.5, 0.6) is 0 Å². The molecule has 0 spiro atoms. The smallest absolute Gasteiger partial charge is 0.251 e. The molecule has 1 aliphatic rings. The molecule has 0 aliphatic carbocycles. The van der Waals surface area contributed by atoms with Gasteiger partial charge in [-0.2, -0.15) is 4.31 Å². The van der Waals surface area contributed by atoms with Crippen molar-refractivity contribution in [2.24, 2.45) is 0 Å². The van der Waals surface area contributed by atoms with Gasteiger partial charge in [0.05, 0.1) is 4.90 Å². The van der Waals surface area contributed by atoms with Crippen molar-refractivity contribution < 1.29 is 18.0 Å². The number of amides is 2. The van der Waals surface area contributed by atoms with E-state index < -0.39 is 10.0 Å². The van der Waals surface area contributed by atoms with Crippen LogP contribution < -0.4 is 5.32 Å². The lowest BCUT2D eigenvalue weighted by molar-refractivity contribution is -0.119. The molecule has 1 aliphatic heterocycles. The number of piperazine rings is 1. The van der Waals surface area contributed by atoms with Crippen LogP contribution in [0.25, 0.3) is 0 Å². The van der Waals surface area contributed by atoms with Crippen molar-refractivity contribution in [2.75, 3.05) is 32.7 Å². The van der Waals surface area contributed by atoms with Crippen molar-refractivity contribution in [3.8, 4) is 0 Å². The predicted octanol–water partition coefficient (Wildman–Crippen LogP) is 0.0651. The van der Waals surface area contributed by atoms with Crippen LogP contribution in [0.1, 0.15) is 10.4 Å². The minimum atomic E-state index is -3.61. The average Bonchev–Trinajstić information content (AvgIpc) is 2.59. The quantitative estimate of drug-likeness (QED) is 0.588. The van der Waals surface area contributed by atoms with Crippen molar-refractivity contribution in [1.29, 1.82) is 0 Å². The molecule has 1 aromatic rings. The highest BCUT2D eigenvalue weighted by Gasteiger charge is 2.28. The molecule has 1 saturated heterocycles. The molecule has 0 bridgehead atoms. The fourth-order valence-corrected chi connectivity index (χ4v) is 3.67. The third-order valence-electron chi connectivity index (χ3n) is 3.58. The Morgan fingerprint density at radius 2 is 1.78 bits per heavy atom. The Labute approximate surface area is 135 Å². The second-order valence-corrected chi connectivity index (χ2v) is 7.01. The predicted molar refractivity (Wildman–Crippen MR) is 85.4 cm³/mol. The molecule has 0 saturated carbocycles. The SMILES string of the molecule is C=CCNC(=O)c1ccc(S(=O)(=O)N2CCN(C=O)CC2)cc1. The lowest BCUT2D eigenvalue weighted by atomic mass is 10.2. The molecule has 124 valence electrons. The van der Waals surface area contributed by atoms with Crippen molar-refractivity contribution in [1.82, 2.24) is 14.5 Å². The number of carbonyl (C=O) groups is 2. The van der Waals surface area contributed by atoms with Crippen molar-refractivity contribution in [3.05, 3.63) is 42.5 Å². The van der Waals surface area contributed by atoms with Crippen molar-refractivity contribution in [3.63, 3.8) is 0 Å². The van der Waals surface area contributed by atoms with Crippen LogP contribution >= 0.6 is 0 Å². The Bertz CT molecular complexity index is 677. The number of nitrogens with one attached hydrogen (secondary N) is 1. The van der Waals surface area contributed by atoms with Gasteiger partial charge in [0, 0.05) is 38.3 Å². The first kappa shape index (κ1) is 17.2. The largest absolute Gasteiger partial charge is 0.349 e. The van der Waals surface area contributed by atoms with E-state index in [1.165, 1.54) is 28.6 Å². The van der Waals surface area contributed by atoms with Gasteiger partial charge in [0.15, 0.2) is 0 Å². The number of nitrogens with zero attached hydrogens (tertiary/aromatic N) is 2. The fraction of sp³-hybridized carbons (Fsp3) is 0.333. The standard InChI is InChI=1S/C15H19N3O4S/c1-2-7-16-15(20)13-3-5-14(6-4-13)23(21,22)18-10-8-17(12-19)9-11-18/h2-6,12H,1,7-11H2,(H,16,20). The van der Waals surface area contributed by atoms with Crippen molar-refractivity contribution >= 4 is 22.3 Å². The maximum Gasteiger partial charge on any atom is 0.251 e. The van der Waals surface area contributed by atoms with Gasteiger partial charge in [-0.25, -0.2) is 8.42 Å². The van der Waals surface area contributed by atoms with Crippen LogP contribution in [0.4, 0.5) is 0 Å². The van der Waals surface area contributed by atoms with E-state index in [-0.39, 0.29) is 23.9 Å². The summed E-state index contributed by atoms with van der Waals surface area (Å²) in [4.78, 5) is 24.1. The highest BCUT2D eigenvalue weighted by Crippen LogP contribution is 2.18. The van der Waals surface area contributed by atoms with E-state index in [4.69, 9.17) is 0 Å². The molecule has 1 N–H and O–H groups in total. The van der Waals surface area contributed by atoms with Gasteiger partial charge in [0.25, 0.3) is 5.91 Å². The van der Waals surface area contributed by atoms with E-state index in [1.807, 2.05) is 0 Å². The van der Waals surface area contributed by atoms with Gasteiger partial charge in [-0.3, -0.25) is 9.59 Å². The summed E-state index contributed by atoms with van der Waals surface area (Å²) < 4.78 is 26.4. The molecule has 1 fully saturated rings. The summed E-state index contributed by atoms with van der Waals surface area (Å²) in [5, 5.41) is 2.63. The lowest BCUT2D eigenvalue weighted by Crippen LogP contribution is -2.47. The molecule has 0 aromatic heterocycles. The maximum absolute atomic E-state index is 12.5. The number of hydrogen-bond acceptors (Lipinski definition) is 4. The molecular formula is C15H19N3O4S. The summed E-state index contributed by atoms with van der Waals surface area (Å²) >= 11 is 0.